The highest BCUT2D eigenvalue weighted by Crippen LogP contribution is 2.12. The Morgan fingerprint density at radius 2 is 2.07 bits per heavy atom. The SMILES string of the molecule is C=CC(C)NCC(O)c1ccc(F)cc1. The topological polar surface area (TPSA) is 32.3 Å². The number of nitrogens with one attached hydrogen (secondary N) is 1. The van der Waals surface area contributed by atoms with E-state index in [4.69, 9.17) is 0 Å². The zero-order valence-corrected chi connectivity index (χ0v) is 8.78. The summed E-state index contributed by atoms with van der Waals surface area (Å²) in [5, 5.41) is 12.8. The van der Waals surface area contributed by atoms with E-state index in [1.165, 1.54) is 12.1 Å². The summed E-state index contributed by atoms with van der Waals surface area (Å²) in [5.74, 6) is -0.293. The summed E-state index contributed by atoms with van der Waals surface area (Å²) in [4.78, 5) is 0. The summed E-state index contributed by atoms with van der Waals surface area (Å²) in [5.41, 5.74) is 0.708. The van der Waals surface area contributed by atoms with Crippen molar-refractivity contribution in [1.29, 1.82) is 0 Å². The Kier molecular flexibility index (Phi) is 4.46. The molecule has 0 saturated heterocycles. The van der Waals surface area contributed by atoms with Gasteiger partial charge in [0, 0.05) is 12.6 Å². The fraction of sp³-hybridized carbons (Fsp3) is 0.333. The van der Waals surface area contributed by atoms with Gasteiger partial charge in [-0.25, -0.2) is 4.39 Å². The lowest BCUT2D eigenvalue weighted by Gasteiger charge is -2.14. The highest BCUT2D eigenvalue weighted by atomic mass is 19.1. The van der Waals surface area contributed by atoms with Gasteiger partial charge in [-0.15, -0.1) is 6.58 Å². The first kappa shape index (κ1) is 11.9. The number of aliphatic hydroxyl groups is 1. The zero-order valence-electron chi connectivity index (χ0n) is 8.78. The van der Waals surface area contributed by atoms with Crippen LogP contribution in [0.5, 0.6) is 0 Å². The Labute approximate surface area is 89.4 Å². The van der Waals surface area contributed by atoms with Crippen molar-refractivity contribution in [3.63, 3.8) is 0 Å². The van der Waals surface area contributed by atoms with Crippen LogP contribution in [-0.4, -0.2) is 17.7 Å². The van der Waals surface area contributed by atoms with Crippen LogP contribution in [0.25, 0.3) is 0 Å². The number of benzene rings is 1. The van der Waals surface area contributed by atoms with Crippen LogP contribution in [0, 0.1) is 5.82 Å². The quantitative estimate of drug-likeness (QED) is 0.727. The molecule has 0 radical (unpaired) electrons. The molecule has 1 rings (SSSR count). The van der Waals surface area contributed by atoms with Gasteiger partial charge < -0.3 is 10.4 Å². The number of hydrogen-bond acceptors (Lipinski definition) is 2. The molecular weight excluding hydrogens is 193 g/mol. The van der Waals surface area contributed by atoms with Crippen molar-refractivity contribution in [2.24, 2.45) is 0 Å². The molecule has 0 bridgehead atoms. The number of aliphatic hydroxyl groups excluding tert-OH is 1. The Morgan fingerprint density at radius 3 is 2.60 bits per heavy atom. The van der Waals surface area contributed by atoms with Crippen molar-refractivity contribution in [2.75, 3.05) is 6.54 Å². The van der Waals surface area contributed by atoms with Crippen molar-refractivity contribution in [1.82, 2.24) is 5.32 Å². The molecule has 2 atom stereocenters. The van der Waals surface area contributed by atoms with Crippen LogP contribution >= 0.6 is 0 Å². The van der Waals surface area contributed by atoms with Crippen LogP contribution in [0.3, 0.4) is 0 Å². The van der Waals surface area contributed by atoms with Gasteiger partial charge in [-0.05, 0) is 24.6 Å². The molecule has 0 aromatic heterocycles. The molecule has 1 aromatic rings. The summed E-state index contributed by atoms with van der Waals surface area (Å²) in [6.07, 6.45) is 1.14. The minimum absolute atomic E-state index is 0.153. The molecule has 1 aromatic carbocycles. The lowest BCUT2D eigenvalue weighted by Crippen LogP contribution is -2.28. The molecule has 0 fully saturated rings. The third-order valence-electron chi connectivity index (χ3n) is 2.24. The third kappa shape index (κ3) is 3.81. The van der Waals surface area contributed by atoms with Crippen molar-refractivity contribution < 1.29 is 9.50 Å². The molecule has 2 N–H and O–H groups in total. The third-order valence-corrected chi connectivity index (χ3v) is 2.24. The first-order valence-electron chi connectivity index (χ1n) is 4.93. The van der Waals surface area contributed by atoms with Crippen LogP contribution in [0.15, 0.2) is 36.9 Å². The lowest BCUT2D eigenvalue weighted by atomic mass is 10.1. The minimum Gasteiger partial charge on any atom is -0.387 e. The normalized spacial score (nSPS) is 14.6. The standard InChI is InChI=1S/C12H16FNO/c1-3-9(2)14-8-12(15)10-4-6-11(13)7-5-10/h3-7,9,12,14-15H,1,8H2,2H3. The van der Waals surface area contributed by atoms with Crippen LogP contribution in [-0.2, 0) is 0 Å². The van der Waals surface area contributed by atoms with E-state index >= 15 is 0 Å². The molecule has 2 nitrogen and oxygen atoms in total. The average Bonchev–Trinajstić information content (AvgIpc) is 2.26. The predicted octanol–water partition coefficient (Wildman–Crippen LogP) is 2.02. The summed E-state index contributed by atoms with van der Waals surface area (Å²) in [6, 6.07) is 6.01. The first-order valence-corrected chi connectivity index (χ1v) is 4.93. The number of hydrogen-bond donors (Lipinski definition) is 2. The van der Waals surface area contributed by atoms with Gasteiger partial charge in [0.05, 0.1) is 6.10 Å². The molecule has 3 heteroatoms. The van der Waals surface area contributed by atoms with E-state index in [9.17, 15) is 9.50 Å². The number of halogens is 1. The Balaban J connectivity index is 2.49. The van der Waals surface area contributed by atoms with Crippen LogP contribution in [0.4, 0.5) is 4.39 Å². The number of rotatable bonds is 5. The molecule has 2 unspecified atom stereocenters. The molecule has 0 aliphatic rings. The second-order valence-corrected chi connectivity index (χ2v) is 3.50. The van der Waals surface area contributed by atoms with Gasteiger partial charge in [-0.2, -0.15) is 0 Å². The summed E-state index contributed by atoms with van der Waals surface area (Å²) in [6.45, 7) is 6.01. The van der Waals surface area contributed by atoms with Gasteiger partial charge in [0.2, 0.25) is 0 Å². The summed E-state index contributed by atoms with van der Waals surface area (Å²) >= 11 is 0. The van der Waals surface area contributed by atoms with Crippen LogP contribution in [0.2, 0.25) is 0 Å². The van der Waals surface area contributed by atoms with Gasteiger partial charge in [-0.1, -0.05) is 18.2 Å². The Hall–Kier alpha value is -1.19. The van der Waals surface area contributed by atoms with Crippen LogP contribution in [0.1, 0.15) is 18.6 Å². The highest BCUT2D eigenvalue weighted by Gasteiger charge is 2.07. The predicted molar refractivity (Wildman–Crippen MR) is 59.0 cm³/mol. The van der Waals surface area contributed by atoms with Crippen molar-refractivity contribution >= 4 is 0 Å². The fourth-order valence-electron chi connectivity index (χ4n) is 1.18. The van der Waals surface area contributed by atoms with Crippen molar-refractivity contribution in [3.05, 3.63) is 48.3 Å². The summed E-state index contributed by atoms with van der Waals surface area (Å²) in [7, 11) is 0. The average molecular weight is 209 g/mol. The highest BCUT2D eigenvalue weighted by molar-refractivity contribution is 5.18. The minimum atomic E-state index is -0.618. The van der Waals surface area contributed by atoms with Gasteiger partial charge in [0.25, 0.3) is 0 Å². The fourth-order valence-corrected chi connectivity index (χ4v) is 1.18. The summed E-state index contributed by atoms with van der Waals surface area (Å²) < 4.78 is 12.6. The van der Waals surface area contributed by atoms with E-state index in [1.807, 2.05) is 6.92 Å². The van der Waals surface area contributed by atoms with E-state index in [1.54, 1.807) is 18.2 Å². The zero-order chi connectivity index (χ0) is 11.3. The molecule has 0 saturated carbocycles. The molecule has 0 aliphatic carbocycles. The molecule has 0 heterocycles. The van der Waals surface area contributed by atoms with Crippen LogP contribution < -0.4 is 5.32 Å². The Bertz CT molecular complexity index is 310. The van der Waals surface area contributed by atoms with Gasteiger partial charge in [0.15, 0.2) is 0 Å². The van der Waals surface area contributed by atoms with Crippen molar-refractivity contribution in [3.8, 4) is 0 Å². The maximum absolute atomic E-state index is 12.6. The maximum atomic E-state index is 12.6. The Morgan fingerprint density at radius 1 is 1.47 bits per heavy atom. The van der Waals surface area contributed by atoms with E-state index < -0.39 is 6.10 Å². The van der Waals surface area contributed by atoms with Crippen molar-refractivity contribution in [2.45, 2.75) is 19.1 Å². The molecule has 0 spiro atoms. The second kappa shape index (κ2) is 5.63. The lowest BCUT2D eigenvalue weighted by molar-refractivity contribution is 0.173. The molecule has 0 amide bonds. The largest absolute Gasteiger partial charge is 0.387 e. The maximum Gasteiger partial charge on any atom is 0.123 e. The van der Waals surface area contributed by atoms with E-state index in [2.05, 4.69) is 11.9 Å². The van der Waals surface area contributed by atoms with Gasteiger partial charge in [-0.3, -0.25) is 0 Å². The monoisotopic (exact) mass is 209 g/mol. The van der Waals surface area contributed by atoms with E-state index in [0.717, 1.165) is 0 Å². The molecule has 0 aliphatic heterocycles. The van der Waals surface area contributed by atoms with E-state index in [0.29, 0.717) is 12.1 Å². The smallest absolute Gasteiger partial charge is 0.123 e. The molecule has 82 valence electrons. The molecular formula is C12H16FNO. The first-order chi connectivity index (χ1) is 7.13. The van der Waals surface area contributed by atoms with Gasteiger partial charge in [0.1, 0.15) is 5.82 Å². The van der Waals surface area contributed by atoms with E-state index in [-0.39, 0.29) is 11.9 Å². The molecule has 15 heavy (non-hydrogen) atoms. The second-order valence-electron chi connectivity index (χ2n) is 3.50. The van der Waals surface area contributed by atoms with Gasteiger partial charge >= 0.3 is 0 Å².